The molecule has 0 aromatic heterocycles. The van der Waals surface area contributed by atoms with Crippen LogP contribution in [-0.4, -0.2) is 46.8 Å². The molecule has 0 fully saturated rings. The Morgan fingerprint density at radius 2 is 1.65 bits per heavy atom. The second kappa shape index (κ2) is 5.37. The van der Waals surface area contributed by atoms with Crippen molar-refractivity contribution in [2.24, 2.45) is 0 Å². The molecule has 1 rings (SSSR count). The van der Waals surface area contributed by atoms with E-state index in [9.17, 15) is 8.42 Å². The van der Waals surface area contributed by atoms with Gasteiger partial charge in [0.15, 0.2) is 0 Å². The molecular formula is C11H19N3O2S. The van der Waals surface area contributed by atoms with Crippen molar-refractivity contribution in [2.45, 2.75) is 0 Å². The maximum atomic E-state index is 12.0. The SMILES string of the molecule is CN(C)CCS(=O)(=O)N(C)c1ccc(N)cc1. The van der Waals surface area contributed by atoms with Gasteiger partial charge in [0.05, 0.1) is 11.4 Å². The normalized spacial score (nSPS) is 11.8. The molecule has 5 nitrogen and oxygen atoms in total. The van der Waals surface area contributed by atoms with Crippen LogP contribution < -0.4 is 10.0 Å². The fraction of sp³-hybridized carbons (Fsp3) is 0.455. The average Bonchev–Trinajstić information content (AvgIpc) is 2.27. The minimum atomic E-state index is -3.27. The van der Waals surface area contributed by atoms with Gasteiger partial charge in [0.2, 0.25) is 10.0 Å². The van der Waals surface area contributed by atoms with Crippen molar-refractivity contribution in [3.8, 4) is 0 Å². The van der Waals surface area contributed by atoms with Crippen LogP contribution in [-0.2, 0) is 10.0 Å². The lowest BCUT2D eigenvalue weighted by Gasteiger charge is -2.20. The third-order valence-corrected chi connectivity index (χ3v) is 4.21. The molecule has 1 aromatic carbocycles. The first kappa shape index (κ1) is 13.8. The summed E-state index contributed by atoms with van der Waals surface area (Å²) in [6.45, 7) is 0.502. The predicted octanol–water partition coefficient (Wildman–Crippen LogP) is 0.596. The van der Waals surface area contributed by atoms with Gasteiger partial charge in [-0.15, -0.1) is 0 Å². The lowest BCUT2D eigenvalue weighted by atomic mass is 10.3. The number of benzene rings is 1. The molecule has 1 aromatic rings. The minimum Gasteiger partial charge on any atom is -0.399 e. The number of anilines is 2. The monoisotopic (exact) mass is 257 g/mol. The van der Waals surface area contributed by atoms with Crippen LogP contribution in [0.3, 0.4) is 0 Å². The minimum absolute atomic E-state index is 0.0981. The Hall–Kier alpha value is -1.27. The molecular weight excluding hydrogens is 238 g/mol. The zero-order chi connectivity index (χ0) is 13.1. The highest BCUT2D eigenvalue weighted by Gasteiger charge is 2.18. The van der Waals surface area contributed by atoms with E-state index in [0.717, 1.165) is 0 Å². The highest BCUT2D eigenvalue weighted by Crippen LogP contribution is 2.17. The smallest absolute Gasteiger partial charge is 0.236 e. The Labute approximate surface area is 103 Å². The summed E-state index contributed by atoms with van der Waals surface area (Å²) in [7, 11) is 1.97. The summed E-state index contributed by atoms with van der Waals surface area (Å²) in [5, 5.41) is 0. The van der Waals surface area contributed by atoms with Crippen LogP contribution in [0.2, 0.25) is 0 Å². The van der Waals surface area contributed by atoms with E-state index in [4.69, 9.17) is 5.73 Å². The second-order valence-corrected chi connectivity index (χ2v) is 6.30. The standard InChI is InChI=1S/C11H19N3O2S/c1-13(2)8-9-17(15,16)14(3)11-6-4-10(12)5-7-11/h4-7H,8-9,12H2,1-3H3. The van der Waals surface area contributed by atoms with Crippen LogP contribution in [0.5, 0.6) is 0 Å². The summed E-state index contributed by atoms with van der Waals surface area (Å²) in [6.07, 6.45) is 0. The summed E-state index contributed by atoms with van der Waals surface area (Å²) in [5.41, 5.74) is 6.80. The molecule has 0 aliphatic heterocycles. The average molecular weight is 257 g/mol. The molecule has 0 atom stereocenters. The second-order valence-electron chi connectivity index (χ2n) is 4.18. The molecule has 6 heteroatoms. The summed E-state index contributed by atoms with van der Waals surface area (Å²) in [4.78, 5) is 1.84. The van der Waals surface area contributed by atoms with Crippen molar-refractivity contribution < 1.29 is 8.42 Å². The van der Waals surface area contributed by atoms with E-state index in [2.05, 4.69) is 0 Å². The Morgan fingerprint density at radius 1 is 1.12 bits per heavy atom. The largest absolute Gasteiger partial charge is 0.399 e. The quantitative estimate of drug-likeness (QED) is 0.784. The van der Waals surface area contributed by atoms with Crippen molar-refractivity contribution in [2.75, 3.05) is 43.5 Å². The third kappa shape index (κ3) is 3.90. The Kier molecular flexibility index (Phi) is 4.36. The lowest BCUT2D eigenvalue weighted by molar-refractivity contribution is 0.432. The van der Waals surface area contributed by atoms with E-state index in [-0.39, 0.29) is 5.75 Å². The molecule has 0 saturated heterocycles. The van der Waals surface area contributed by atoms with E-state index >= 15 is 0 Å². The van der Waals surface area contributed by atoms with Crippen LogP contribution in [0.4, 0.5) is 11.4 Å². The van der Waals surface area contributed by atoms with Gasteiger partial charge in [-0.05, 0) is 38.4 Å². The van der Waals surface area contributed by atoms with Crippen molar-refractivity contribution in [3.05, 3.63) is 24.3 Å². The number of hydrogen-bond acceptors (Lipinski definition) is 4. The Morgan fingerprint density at radius 3 is 2.12 bits per heavy atom. The van der Waals surface area contributed by atoms with Gasteiger partial charge < -0.3 is 10.6 Å². The van der Waals surface area contributed by atoms with Crippen LogP contribution in [0.25, 0.3) is 0 Å². The molecule has 0 unspecified atom stereocenters. The molecule has 0 heterocycles. The number of nitrogens with two attached hydrogens (primary N) is 1. The van der Waals surface area contributed by atoms with E-state index in [1.807, 2.05) is 19.0 Å². The van der Waals surface area contributed by atoms with E-state index < -0.39 is 10.0 Å². The van der Waals surface area contributed by atoms with Crippen molar-refractivity contribution in [3.63, 3.8) is 0 Å². The highest BCUT2D eigenvalue weighted by molar-refractivity contribution is 7.92. The molecule has 2 N–H and O–H groups in total. The van der Waals surface area contributed by atoms with Gasteiger partial charge in [0, 0.05) is 19.3 Å². The number of nitrogens with zero attached hydrogens (tertiary/aromatic N) is 2. The Bertz CT molecular complexity index is 454. The maximum Gasteiger partial charge on any atom is 0.236 e. The summed E-state index contributed by atoms with van der Waals surface area (Å²) >= 11 is 0. The Balaban J connectivity index is 2.81. The maximum absolute atomic E-state index is 12.0. The fourth-order valence-electron chi connectivity index (χ4n) is 1.28. The topological polar surface area (TPSA) is 66.6 Å². The third-order valence-electron chi connectivity index (χ3n) is 2.47. The summed E-state index contributed by atoms with van der Waals surface area (Å²) in [6, 6.07) is 6.77. The molecule has 0 saturated carbocycles. The summed E-state index contributed by atoms with van der Waals surface area (Å²) < 4.78 is 25.3. The molecule has 17 heavy (non-hydrogen) atoms. The van der Waals surface area contributed by atoms with Crippen LogP contribution in [0, 0.1) is 0 Å². The van der Waals surface area contributed by atoms with Gasteiger partial charge in [-0.1, -0.05) is 0 Å². The molecule has 0 bridgehead atoms. The van der Waals surface area contributed by atoms with Crippen molar-refractivity contribution in [1.82, 2.24) is 4.90 Å². The zero-order valence-corrected chi connectivity index (χ0v) is 11.2. The number of rotatable bonds is 5. The van der Waals surface area contributed by atoms with Gasteiger partial charge in [0.1, 0.15) is 0 Å². The van der Waals surface area contributed by atoms with Gasteiger partial charge in [0.25, 0.3) is 0 Å². The molecule has 96 valence electrons. The van der Waals surface area contributed by atoms with Crippen LogP contribution in [0.15, 0.2) is 24.3 Å². The number of hydrogen-bond donors (Lipinski definition) is 1. The van der Waals surface area contributed by atoms with Crippen LogP contribution in [0.1, 0.15) is 0 Å². The van der Waals surface area contributed by atoms with Gasteiger partial charge >= 0.3 is 0 Å². The lowest BCUT2D eigenvalue weighted by Crippen LogP contribution is -2.33. The first-order chi connectivity index (χ1) is 7.83. The predicted molar refractivity (Wildman–Crippen MR) is 71.6 cm³/mol. The van der Waals surface area contributed by atoms with Crippen molar-refractivity contribution >= 4 is 21.4 Å². The molecule has 0 spiro atoms. The molecule has 0 radical (unpaired) electrons. The van der Waals surface area contributed by atoms with E-state index in [0.29, 0.717) is 17.9 Å². The first-order valence-corrected chi connectivity index (χ1v) is 6.91. The van der Waals surface area contributed by atoms with E-state index in [1.165, 1.54) is 4.31 Å². The highest BCUT2D eigenvalue weighted by atomic mass is 32.2. The fourth-order valence-corrected chi connectivity index (χ4v) is 2.59. The molecule has 0 amide bonds. The van der Waals surface area contributed by atoms with Crippen LogP contribution >= 0.6 is 0 Å². The van der Waals surface area contributed by atoms with Crippen molar-refractivity contribution in [1.29, 1.82) is 0 Å². The number of nitrogen functional groups attached to an aromatic ring is 1. The van der Waals surface area contributed by atoms with Gasteiger partial charge in [-0.3, -0.25) is 4.31 Å². The molecule has 0 aliphatic carbocycles. The summed E-state index contributed by atoms with van der Waals surface area (Å²) in [5.74, 6) is 0.0981. The number of sulfonamides is 1. The zero-order valence-electron chi connectivity index (χ0n) is 10.4. The van der Waals surface area contributed by atoms with Gasteiger partial charge in [-0.2, -0.15) is 0 Å². The molecule has 0 aliphatic rings. The van der Waals surface area contributed by atoms with E-state index in [1.54, 1.807) is 31.3 Å². The van der Waals surface area contributed by atoms with Gasteiger partial charge in [-0.25, -0.2) is 8.42 Å². The first-order valence-electron chi connectivity index (χ1n) is 5.30.